The van der Waals surface area contributed by atoms with Gasteiger partial charge in [-0.05, 0) is 47.8 Å². The highest BCUT2D eigenvalue weighted by Crippen LogP contribution is 2.14. The van der Waals surface area contributed by atoms with Crippen LogP contribution >= 0.6 is 0 Å². The first-order chi connectivity index (χ1) is 7.43. The highest BCUT2D eigenvalue weighted by molar-refractivity contribution is 6.59. The predicted molar refractivity (Wildman–Crippen MR) is 68.6 cm³/mol. The second-order valence-corrected chi connectivity index (χ2v) is 6.79. The van der Waals surface area contributed by atoms with Crippen LogP contribution in [-0.2, 0) is 13.3 Å². The number of hydrogen-bond donors (Lipinski definition) is 0. The summed E-state index contributed by atoms with van der Waals surface area (Å²) in [5.41, 5.74) is 0. The molecule has 0 aliphatic rings. The maximum absolute atomic E-state index is 5.94. The van der Waals surface area contributed by atoms with Crippen molar-refractivity contribution in [1.29, 1.82) is 0 Å². The molecule has 0 saturated heterocycles. The molecule has 0 radical (unpaired) electrons. The van der Waals surface area contributed by atoms with Crippen LogP contribution < -0.4 is 0 Å². The first-order valence-electron chi connectivity index (χ1n) is 6.04. The van der Waals surface area contributed by atoms with E-state index in [2.05, 4.69) is 25.9 Å². The molecule has 0 saturated carbocycles. The summed E-state index contributed by atoms with van der Waals surface area (Å²) in [7, 11) is 1.72. The van der Waals surface area contributed by atoms with Gasteiger partial charge in [0.2, 0.25) is 0 Å². The molecule has 98 valence electrons. The third-order valence-corrected chi connectivity index (χ3v) is 4.67. The highest BCUT2D eigenvalue weighted by Gasteiger charge is 2.35. The van der Waals surface area contributed by atoms with Gasteiger partial charge in [0.05, 0.1) is 0 Å². The first kappa shape index (κ1) is 16.1. The Balaban J connectivity index is 4.06. The molecule has 4 nitrogen and oxygen atoms in total. The second kappa shape index (κ2) is 8.19. The Morgan fingerprint density at radius 3 is 2.00 bits per heavy atom. The van der Waals surface area contributed by atoms with Gasteiger partial charge in [0.25, 0.3) is 0 Å². The zero-order chi connectivity index (χ0) is 12.6. The quantitative estimate of drug-likeness (QED) is 0.585. The summed E-state index contributed by atoms with van der Waals surface area (Å²) in [6, 6.07) is 0. The molecule has 5 heteroatoms. The van der Waals surface area contributed by atoms with Crippen LogP contribution in [0.4, 0.5) is 0 Å². The Hall–Kier alpha value is 0.0569. The largest absolute Gasteiger partial charge is 0.497 e. The van der Waals surface area contributed by atoms with Gasteiger partial charge in [-0.3, -0.25) is 0 Å². The van der Waals surface area contributed by atoms with Gasteiger partial charge < -0.3 is 18.2 Å². The van der Waals surface area contributed by atoms with Crippen molar-refractivity contribution in [3.8, 4) is 0 Å². The molecule has 0 heterocycles. The van der Waals surface area contributed by atoms with E-state index in [0.717, 1.165) is 13.0 Å². The topological polar surface area (TPSA) is 30.9 Å². The van der Waals surface area contributed by atoms with Crippen LogP contribution in [0, 0.1) is 0 Å². The molecule has 0 spiro atoms. The van der Waals surface area contributed by atoms with Gasteiger partial charge in [0.1, 0.15) is 0 Å². The Morgan fingerprint density at radius 1 is 1.12 bits per heavy atom. The first-order valence-corrected chi connectivity index (χ1v) is 8.26. The third kappa shape index (κ3) is 7.35. The van der Waals surface area contributed by atoms with Crippen molar-refractivity contribution in [3.63, 3.8) is 0 Å². The second-order valence-electron chi connectivity index (χ2n) is 4.25. The van der Waals surface area contributed by atoms with Crippen molar-refractivity contribution in [3.05, 3.63) is 0 Å². The fourth-order valence-corrected chi connectivity index (χ4v) is 3.62. The van der Waals surface area contributed by atoms with Crippen molar-refractivity contribution in [2.75, 3.05) is 33.9 Å². The van der Waals surface area contributed by atoms with Crippen LogP contribution in [0.25, 0.3) is 0 Å². The molecule has 0 aromatic rings. The summed E-state index contributed by atoms with van der Waals surface area (Å²) < 4.78 is 17.2. The van der Waals surface area contributed by atoms with E-state index < -0.39 is 8.80 Å². The molecule has 0 aromatic heterocycles. The van der Waals surface area contributed by atoms with E-state index >= 15 is 0 Å². The molecule has 0 rings (SSSR count). The van der Waals surface area contributed by atoms with Crippen molar-refractivity contribution in [1.82, 2.24) is 4.90 Å². The minimum Gasteiger partial charge on any atom is -0.374 e. The van der Waals surface area contributed by atoms with Crippen LogP contribution in [0.1, 0.15) is 27.2 Å². The zero-order valence-electron chi connectivity index (χ0n) is 11.6. The Bertz CT molecular complexity index is 173. The smallest absolute Gasteiger partial charge is 0.374 e. The molecule has 0 aromatic carbocycles. The molecule has 0 aliphatic carbocycles. The number of nitrogens with zero attached hydrogens (tertiary/aromatic N) is 1. The van der Waals surface area contributed by atoms with Crippen LogP contribution in [0.15, 0.2) is 0 Å². The minimum atomic E-state index is -2.40. The lowest BCUT2D eigenvalue weighted by molar-refractivity contribution is 0.0393. The number of hydrogen-bond acceptors (Lipinski definition) is 4. The van der Waals surface area contributed by atoms with Crippen LogP contribution in [0.5, 0.6) is 0 Å². The van der Waals surface area contributed by atoms with Gasteiger partial charge in [-0.1, -0.05) is 0 Å². The lowest BCUT2D eigenvalue weighted by Crippen LogP contribution is -2.45. The van der Waals surface area contributed by atoms with Crippen molar-refractivity contribution in [2.45, 2.75) is 39.8 Å². The molecule has 0 aliphatic heterocycles. The lowest BCUT2D eigenvalue weighted by atomic mass is 10.3. The van der Waals surface area contributed by atoms with E-state index in [4.69, 9.17) is 13.3 Å². The van der Waals surface area contributed by atoms with Crippen LogP contribution in [-0.4, -0.2) is 53.7 Å². The fourth-order valence-electron chi connectivity index (χ4n) is 1.50. The molecule has 1 atom stereocenters. The number of rotatable bonds is 9. The fraction of sp³-hybridized carbons (Fsp3) is 1.00. The van der Waals surface area contributed by atoms with Crippen LogP contribution in [0.3, 0.4) is 0 Å². The van der Waals surface area contributed by atoms with E-state index in [9.17, 15) is 0 Å². The molecule has 0 amide bonds. The third-order valence-electron chi connectivity index (χ3n) is 2.21. The predicted octanol–water partition coefficient (Wildman–Crippen LogP) is 1.98. The van der Waals surface area contributed by atoms with Gasteiger partial charge in [-0.25, -0.2) is 0 Å². The van der Waals surface area contributed by atoms with E-state index in [-0.39, 0.29) is 6.10 Å². The van der Waals surface area contributed by atoms with E-state index in [1.165, 1.54) is 0 Å². The van der Waals surface area contributed by atoms with Gasteiger partial charge in [-0.2, -0.15) is 0 Å². The lowest BCUT2D eigenvalue weighted by Gasteiger charge is -2.29. The summed E-state index contributed by atoms with van der Waals surface area (Å²) in [4.78, 5) is 2.15. The SMILES string of the molecule is CCO[Si](C)(OCC)OC(C)CCN(C)C. The van der Waals surface area contributed by atoms with Crippen LogP contribution in [0.2, 0.25) is 6.55 Å². The maximum atomic E-state index is 5.94. The summed E-state index contributed by atoms with van der Waals surface area (Å²) in [5, 5.41) is 0. The van der Waals surface area contributed by atoms with Gasteiger partial charge >= 0.3 is 8.80 Å². The molecule has 0 bridgehead atoms. The van der Waals surface area contributed by atoms with E-state index in [1.807, 2.05) is 20.4 Å². The van der Waals surface area contributed by atoms with Gasteiger partial charge in [0, 0.05) is 25.9 Å². The monoisotopic (exact) mass is 249 g/mol. The van der Waals surface area contributed by atoms with Gasteiger partial charge in [0.15, 0.2) is 0 Å². The maximum Gasteiger partial charge on any atom is 0.497 e. The highest BCUT2D eigenvalue weighted by atomic mass is 28.4. The normalized spacial score (nSPS) is 14.4. The average molecular weight is 249 g/mol. The summed E-state index contributed by atoms with van der Waals surface area (Å²) in [6.45, 7) is 10.3. The Morgan fingerprint density at radius 2 is 1.62 bits per heavy atom. The van der Waals surface area contributed by atoms with Gasteiger partial charge in [-0.15, -0.1) is 0 Å². The van der Waals surface area contributed by atoms with Crippen molar-refractivity contribution < 1.29 is 13.3 Å². The van der Waals surface area contributed by atoms with Crippen molar-refractivity contribution >= 4 is 8.80 Å². The molecule has 16 heavy (non-hydrogen) atoms. The summed E-state index contributed by atoms with van der Waals surface area (Å²) in [5.74, 6) is 0. The zero-order valence-corrected chi connectivity index (χ0v) is 12.6. The molecule has 1 unspecified atom stereocenters. The summed E-state index contributed by atoms with van der Waals surface area (Å²) in [6.07, 6.45) is 1.17. The standard InChI is InChI=1S/C11H27NO3Si/c1-7-13-16(6,14-8-2)15-11(3)9-10-12(4)5/h11H,7-10H2,1-6H3. The van der Waals surface area contributed by atoms with Crippen molar-refractivity contribution in [2.24, 2.45) is 0 Å². The molecular weight excluding hydrogens is 222 g/mol. The molecule has 0 N–H and O–H groups in total. The van der Waals surface area contributed by atoms with E-state index in [1.54, 1.807) is 0 Å². The Labute approximate surface area is 101 Å². The summed E-state index contributed by atoms with van der Waals surface area (Å²) >= 11 is 0. The Kier molecular flexibility index (Phi) is 8.22. The van der Waals surface area contributed by atoms with E-state index in [0.29, 0.717) is 13.2 Å². The molecule has 0 fully saturated rings. The minimum absolute atomic E-state index is 0.178. The molecular formula is C11H27NO3Si. The average Bonchev–Trinajstić information content (AvgIpc) is 2.15.